The number of thiazole rings is 1. The van der Waals surface area contributed by atoms with Crippen molar-refractivity contribution in [1.29, 1.82) is 0 Å². The van der Waals surface area contributed by atoms with Crippen molar-refractivity contribution in [1.82, 2.24) is 15.2 Å². The van der Waals surface area contributed by atoms with E-state index in [0.717, 1.165) is 29.9 Å². The van der Waals surface area contributed by atoms with Gasteiger partial charge in [-0.1, -0.05) is 0 Å². The van der Waals surface area contributed by atoms with Gasteiger partial charge in [0.1, 0.15) is 0 Å². The number of aromatic carboxylic acids is 1. The average Bonchev–Trinajstić information content (AvgIpc) is 2.95. The molecule has 1 fully saturated rings. The zero-order valence-electron chi connectivity index (χ0n) is 11.9. The van der Waals surface area contributed by atoms with E-state index in [4.69, 9.17) is 9.84 Å². The van der Waals surface area contributed by atoms with Gasteiger partial charge in [-0.05, 0) is 19.8 Å². The smallest absolute Gasteiger partial charge is 0.409 e. The number of aromatic nitrogens is 1. The lowest BCUT2D eigenvalue weighted by Gasteiger charge is -2.31. The Labute approximate surface area is 126 Å². The van der Waals surface area contributed by atoms with E-state index in [0.29, 0.717) is 32.3 Å². The highest BCUT2D eigenvalue weighted by atomic mass is 32.1. The number of carbonyl (C=O) groups is 2. The number of nitrogens with zero attached hydrogens (tertiary/aromatic N) is 2. The van der Waals surface area contributed by atoms with Gasteiger partial charge in [-0.3, -0.25) is 0 Å². The van der Waals surface area contributed by atoms with E-state index in [-0.39, 0.29) is 11.1 Å². The molecule has 0 saturated carbocycles. The highest BCUT2D eigenvalue weighted by Gasteiger charge is 2.23. The topological polar surface area (TPSA) is 91.8 Å². The Hall–Kier alpha value is -1.67. The van der Waals surface area contributed by atoms with Crippen molar-refractivity contribution in [3.8, 4) is 0 Å². The summed E-state index contributed by atoms with van der Waals surface area (Å²) in [6.07, 6.45) is 1.46. The Kier molecular flexibility index (Phi) is 5.51. The van der Waals surface area contributed by atoms with Gasteiger partial charge in [0.15, 0.2) is 0 Å². The zero-order valence-corrected chi connectivity index (χ0v) is 12.7. The van der Waals surface area contributed by atoms with Crippen LogP contribution in [0.4, 0.5) is 4.79 Å². The maximum absolute atomic E-state index is 11.6. The number of carboxylic acid groups (broad SMARTS) is 1. The van der Waals surface area contributed by atoms with Crippen molar-refractivity contribution >= 4 is 23.4 Å². The molecule has 2 rings (SSSR count). The lowest BCUT2D eigenvalue weighted by Crippen LogP contribution is -2.44. The van der Waals surface area contributed by atoms with Gasteiger partial charge < -0.3 is 20.1 Å². The summed E-state index contributed by atoms with van der Waals surface area (Å²) in [5.74, 6) is -0.992. The van der Waals surface area contributed by atoms with Crippen LogP contribution in [-0.2, 0) is 11.3 Å². The first-order chi connectivity index (χ1) is 10.1. The van der Waals surface area contributed by atoms with Crippen molar-refractivity contribution in [3.63, 3.8) is 0 Å². The van der Waals surface area contributed by atoms with Crippen LogP contribution in [0.5, 0.6) is 0 Å². The maximum atomic E-state index is 11.6. The minimum Gasteiger partial charge on any atom is -0.476 e. The van der Waals surface area contributed by atoms with Gasteiger partial charge in [-0.2, -0.15) is 0 Å². The number of hydrogen-bond acceptors (Lipinski definition) is 6. The molecule has 8 heteroatoms. The molecule has 0 spiro atoms. The molecule has 0 radical (unpaired) electrons. The molecular weight excluding hydrogens is 294 g/mol. The molecule has 1 aromatic heterocycles. The van der Waals surface area contributed by atoms with E-state index in [2.05, 4.69) is 10.3 Å². The molecule has 0 unspecified atom stereocenters. The molecule has 0 aromatic carbocycles. The number of piperidine rings is 1. The second-order valence-corrected chi connectivity index (χ2v) is 5.65. The molecule has 2 N–H and O–H groups in total. The summed E-state index contributed by atoms with van der Waals surface area (Å²) >= 11 is 1.13. The van der Waals surface area contributed by atoms with Crippen molar-refractivity contribution < 1.29 is 19.4 Å². The van der Waals surface area contributed by atoms with Crippen LogP contribution in [0.2, 0.25) is 0 Å². The highest BCUT2D eigenvalue weighted by Crippen LogP contribution is 2.14. The van der Waals surface area contributed by atoms with Crippen molar-refractivity contribution in [2.75, 3.05) is 19.7 Å². The number of nitrogens with one attached hydrogen (secondary N) is 1. The van der Waals surface area contributed by atoms with E-state index in [9.17, 15) is 9.59 Å². The summed E-state index contributed by atoms with van der Waals surface area (Å²) in [7, 11) is 0. The molecule has 1 aliphatic heterocycles. The fraction of sp³-hybridized carbons (Fsp3) is 0.615. The Morgan fingerprint density at radius 1 is 1.52 bits per heavy atom. The Morgan fingerprint density at radius 3 is 2.81 bits per heavy atom. The average molecular weight is 313 g/mol. The second-order valence-electron chi connectivity index (χ2n) is 4.79. The first-order valence-electron chi connectivity index (χ1n) is 6.93. The molecule has 0 aliphatic carbocycles. The first-order valence-corrected chi connectivity index (χ1v) is 7.81. The van der Waals surface area contributed by atoms with Gasteiger partial charge in [-0.25, -0.2) is 14.6 Å². The number of hydrogen-bond donors (Lipinski definition) is 2. The van der Waals surface area contributed by atoms with Crippen LogP contribution in [-0.4, -0.2) is 52.8 Å². The SMILES string of the molecule is CCOC(=O)N1CCC(NCc2csc(C(=O)O)n2)CC1. The lowest BCUT2D eigenvalue weighted by atomic mass is 10.1. The van der Waals surface area contributed by atoms with Crippen LogP contribution in [0.1, 0.15) is 35.3 Å². The third kappa shape index (κ3) is 4.40. The lowest BCUT2D eigenvalue weighted by molar-refractivity contribution is 0.0696. The molecule has 0 bridgehead atoms. The summed E-state index contributed by atoms with van der Waals surface area (Å²) < 4.78 is 4.97. The summed E-state index contributed by atoms with van der Waals surface area (Å²) in [5, 5.41) is 14.0. The normalized spacial score (nSPS) is 16.0. The molecule has 0 atom stereocenters. The van der Waals surface area contributed by atoms with Crippen LogP contribution in [0.15, 0.2) is 5.38 Å². The Bertz CT molecular complexity index is 497. The molecule has 21 heavy (non-hydrogen) atoms. The highest BCUT2D eigenvalue weighted by molar-refractivity contribution is 7.11. The summed E-state index contributed by atoms with van der Waals surface area (Å²) in [4.78, 5) is 28.1. The molecule has 1 amide bonds. The minimum atomic E-state index is -0.992. The van der Waals surface area contributed by atoms with E-state index < -0.39 is 5.97 Å². The van der Waals surface area contributed by atoms with Crippen LogP contribution < -0.4 is 5.32 Å². The van der Waals surface area contributed by atoms with E-state index in [1.54, 1.807) is 17.2 Å². The number of amides is 1. The molecule has 2 heterocycles. The largest absolute Gasteiger partial charge is 0.476 e. The van der Waals surface area contributed by atoms with Gasteiger partial charge in [0.25, 0.3) is 0 Å². The number of carboxylic acids is 1. The molecule has 1 aromatic rings. The summed E-state index contributed by atoms with van der Waals surface area (Å²) in [6.45, 7) is 4.09. The van der Waals surface area contributed by atoms with Gasteiger partial charge in [0.05, 0.1) is 12.3 Å². The first kappa shape index (κ1) is 15.7. The fourth-order valence-corrected chi connectivity index (χ4v) is 2.87. The molecule has 7 nitrogen and oxygen atoms in total. The van der Waals surface area contributed by atoms with Crippen molar-refractivity contribution in [3.05, 3.63) is 16.1 Å². The summed E-state index contributed by atoms with van der Waals surface area (Å²) in [6, 6.07) is 0.311. The Balaban J connectivity index is 1.73. The van der Waals surface area contributed by atoms with Crippen LogP contribution in [0, 0.1) is 0 Å². The van der Waals surface area contributed by atoms with E-state index in [1.165, 1.54) is 0 Å². The quantitative estimate of drug-likeness (QED) is 0.857. The van der Waals surface area contributed by atoms with Gasteiger partial charge in [-0.15, -0.1) is 11.3 Å². The molecule has 1 aliphatic rings. The van der Waals surface area contributed by atoms with E-state index in [1.807, 2.05) is 0 Å². The zero-order chi connectivity index (χ0) is 15.2. The number of rotatable bonds is 5. The van der Waals surface area contributed by atoms with Crippen LogP contribution in [0.3, 0.4) is 0 Å². The van der Waals surface area contributed by atoms with Crippen LogP contribution >= 0.6 is 11.3 Å². The number of likely N-dealkylation sites (tertiary alicyclic amines) is 1. The van der Waals surface area contributed by atoms with Gasteiger partial charge in [0, 0.05) is 31.1 Å². The third-order valence-corrected chi connectivity index (χ3v) is 4.21. The molecular formula is C13H19N3O4S. The van der Waals surface area contributed by atoms with Crippen molar-refractivity contribution in [2.45, 2.75) is 32.4 Å². The van der Waals surface area contributed by atoms with Crippen LogP contribution in [0.25, 0.3) is 0 Å². The van der Waals surface area contributed by atoms with E-state index >= 15 is 0 Å². The predicted octanol–water partition coefficient (Wildman–Crippen LogP) is 1.55. The maximum Gasteiger partial charge on any atom is 0.409 e. The summed E-state index contributed by atoms with van der Waals surface area (Å²) in [5.41, 5.74) is 0.741. The van der Waals surface area contributed by atoms with Crippen molar-refractivity contribution in [2.24, 2.45) is 0 Å². The Morgan fingerprint density at radius 2 is 2.24 bits per heavy atom. The minimum absolute atomic E-state index is 0.115. The number of carbonyl (C=O) groups excluding carboxylic acids is 1. The monoisotopic (exact) mass is 313 g/mol. The second kappa shape index (κ2) is 7.37. The molecule has 116 valence electrons. The van der Waals surface area contributed by atoms with Gasteiger partial charge >= 0.3 is 12.1 Å². The fourth-order valence-electron chi connectivity index (χ4n) is 2.22. The van der Waals surface area contributed by atoms with Gasteiger partial charge in [0.2, 0.25) is 5.01 Å². The third-order valence-electron chi connectivity index (χ3n) is 3.33. The number of ether oxygens (including phenoxy) is 1. The standard InChI is InChI=1S/C13H19N3O4S/c1-2-20-13(19)16-5-3-9(4-6-16)14-7-10-8-21-11(15-10)12(17)18/h8-9,14H,2-7H2,1H3,(H,17,18). The predicted molar refractivity (Wildman–Crippen MR) is 77.5 cm³/mol. The molecule has 1 saturated heterocycles.